The Labute approximate surface area is 125 Å². The molecule has 1 atom stereocenters. The molecule has 1 aromatic carbocycles. The number of rotatable bonds is 4. The van der Waals surface area contributed by atoms with Gasteiger partial charge in [-0.05, 0) is 31.4 Å². The molecule has 0 aromatic heterocycles. The van der Waals surface area contributed by atoms with Crippen molar-refractivity contribution < 1.29 is 14.3 Å². The van der Waals surface area contributed by atoms with Crippen molar-refractivity contribution in [3.8, 4) is 0 Å². The van der Waals surface area contributed by atoms with E-state index in [2.05, 4.69) is 17.0 Å². The minimum Gasteiger partial charge on any atom is -0.463 e. The molecule has 1 unspecified atom stereocenters. The Morgan fingerprint density at radius 2 is 2.29 bits per heavy atom. The molecule has 2 aliphatic heterocycles. The van der Waals surface area contributed by atoms with Crippen molar-refractivity contribution in [3.63, 3.8) is 0 Å². The van der Waals surface area contributed by atoms with Gasteiger partial charge in [0, 0.05) is 31.5 Å². The number of fused-ring (bicyclic) bond motifs is 1. The minimum absolute atomic E-state index is 0.218. The zero-order chi connectivity index (χ0) is 14.7. The molecular weight excluding hydrogens is 266 g/mol. The lowest BCUT2D eigenvalue weighted by Gasteiger charge is -2.30. The average molecular weight is 287 g/mol. The fourth-order valence-electron chi connectivity index (χ4n) is 2.96. The van der Waals surface area contributed by atoms with Gasteiger partial charge in [-0.3, -0.25) is 0 Å². The number of esters is 1. The average Bonchev–Trinajstić information content (AvgIpc) is 3.00. The minimum atomic E-state index is -0.218. The summed E-state index contributed by atoms with van der Waals surface area (Å²) in [5, 5.41) is 0. The SMILES string of the molecule is CCOC(=O)C1=CN(CC2CCCO2)c2ccccc2C1. The largest absolute Gasteiger partial charge is 0.463 e. The molecule has 1 aromatic rings. The predicted molar refractivity (Wildman–Crippen MR) is 81.2 cm³/mol. The number of nitrogens with zero attached hydrogens (tertiary/aromatic N) is 1. The van der Waals surface area contributed by atoms with Gasteiger partial charge in [-0.25, -0.2) is 4.79 Å². The molecule has 0 spiro atoms. The van der Waals surface area contributed by atoms with E-state index in [4.69, 9.17) is 9.47 Å². The number of ether oxygens (including phenoxy) is 2. The van der Waals surface area contributed by atoms with Crippen LogP contribution in [-0.4, -0.2) is 31.8 Å². The number of carbonyl (C=O) groups is 1. The van der Waals surface area contributed by atoms with Crippen LogP contribution in [0.25, 0.3) is 0 Å². The van der Waals surface area contributed by atoms with Crippen molar-refractivity contribution in [2.75, 3.05) is 24.7 Å². The first kappa shape index (κ1) is 14.1. The summed E-state index contributed by atoms with van der Waals surface area (Å²) >= 11 is 0. The van der Waals surface area contributed by atoms with Crippen LogP contribution in [0.2, 0.25) is 0 Å². The van der Waals surface area contributed by atoms with E-state index in [0.29, 0.717) is 18.6 Å². The number of hydrogen-bond donors (Lipinski definition) is 0. The van der Waals surface area contributed by atoms with Gasteiger partial charge in [0.25, 0.3) is 0 Å². The topological polar surface area (TPSA) is 38.8 Å². The van der Waals surface area contributed by atoms with Crippen LogP contribution < -0.4 is 4.90 Å². The number of carbonyl (C=O) groups excluding carboxylic acids is 1. The highest BCUT2D eigenvalue weighted by atomic mass is 16.5. The smallest absolute Gasteiger partial charge is 0.335 e. The van der Waals surface area contributed by atoms with E-state index in [9.17, 15) is 4.79 Å². The molecule has 21 heavy (non-hydrogen) atoms. The Balaban J connectivity index is 1.84. The van der Waals surface area contributed by atoms with Gasteiger partial charge in [0.15, 0.2) is 0 Å². The van der Waals surface area contributed by atoms with Crippen molar-refractivity contribution in [1.29, 1.82) is 0 Å². The van der Waals surface area contributed by atoms with E-state index in [-0.39, 0.29) is 12.1 Å². The summed E-state index contributed by atoms with van der Waals surface area (Å²) in [5.41, 5.74) is 3.05. The summed E-state index contributed by atoms with van der Waals surface area (Å²) in [6.45, 7) is 3.87. The molecule has 0 aliphatic carbocycles. The highest BCUT2D eigenvalue weighted by molar-refractivity contribution is 5.91. The lowest BCUT2D eigenvalue weighted by Crippen LogP contribution is -2.32. The molecule has 2 heterocycles. The fraction of sp³-hybridized carbons (Fsp3) is 0.471. The Kier molecular flexibility index (Phi) is 4.25. The first-order valence-corrected chi connectivity index (χ1v) is 7.62. The Morgan fingerprint density at radius 3 is 3.05 bits per heavy atom. The zero-order valence-electron chi connectivity index (χ0n) is 12.4. The van der Waals surface area contributed by atoms with Crippen LogP contribution in [0.4, 0.5) is 5.69 Å². The van der Waals surface area contributed by atoms with Crippen LogP contribution in [-0.2, 0) is 20.7 Å². The Morgan fingerprint density at radius 1 is 1.43 bits per heavy atom. The lowest BCUT2D eigenvalue weighted by molar-refractivity contribution is -0.138. The lowest BCUT2D eigenvalue weighted by atomic mass is 9.99. The molecule has 4 heteroatoms. The summed E-state index contributed by atoms with van der Waals surface area (Å²) in [4.78, 5) is 14.2. The second-order valence-corrected chi connectivity index (χ2v) is 5.47. The van der Waals surface area contributed by atoms with Gasteiger partial charge in [0.1, 0.15) is 0 Å². The number of para-hydroxylation sites is 1. The maximum Gasteiger partial charge on any atom is 0.335 e. The molecule has 0 N–H and O–H groups in total. The standard InChI is InChI=1S/C17H21NO3/c1-2-20-17(19)14-10-13-6-3-4-8-16(13)18(11-14)12-15-7-5-9-21-15/h3-4,6,8,11,15H,2,5,7,9-10,12H2,1H3. The maximum atomic E-state index is 12.0. The molecule has 4 nitrogen and oxygen atoms in total. The molecule has 1 saturated heterocycles. The van der Waals surface area contributed by atoms with Crippen LogP contribution in [0, 0.1) is 0 Å². The normalized spacial score (nSPS) is 20.9. The quantitative estimate of drug-likeness (QED) is 0.798. The van der Waals surface area contributed by atoms with Crippen molar-refractivity contribution in [3.05, 3.63) is 41.6 Å². The van der Waals surface area contributed by atoms with Crippen LogP contribution in [0.1, 0.15) is 25.3 Å². The second-order valence-electron chi connectivity index (χ2n) is 5.47. The number of hydrogen-bond acceptors (Lipinski definition) is 4. The summed E-state index contributed by atoms with van der Waals surface area (Å²) in [7, 11) is 0. The zero-order valence-corrected chi connectivity index (χ0v) is 12.4. The second kappa shape index (κ2) is 6.31. The van der Waals surface area contributed by atoms with E-state index in [0.717, 1.165) is 26.0 Å². The van der Waals surface area contributed by atoms with Gasteiger partial charge < -0.3 is 14.4 Å². The van der Waals surface area contributed by atoms with Gasteiger partial charge in [-0.1, -0.05) is 18.2 Å². The predicted octanol–water partition coefficient (Wildman–Crippen LogP) is 2.68. The van der Waals surface area contributed by atoms with Gasteiger partial charge in [-0.2, -0.15) is 0 Å². The van der Waals surface area contributed by atoms with E-state index in [1.54, 1.807) is 0 Å². The van der Waals surface area contributed by atoms with Gasteiger partial charge >= 0.3 is 5.97 Å². The summed E-state index contributed by atoms with van der Waals surface area (Å²) in [6.07, 6.45) is 5.02. The third-order valence-corrected chi connectivity index (χ3v) is 3.96. The van der Waals surface area contributed by atoms with E-state index in [1.165, 1.54) is 11.3 Å². The third kappa shape index (κ3) is 3.10. The highest BCUT2D eigenvalue weighted by Gasteiger charge is 2.25. The van der Waals surface area contributed by atoms with Crippen LogP contribution in [0.5, 0.6) is 0 Å². The molecule has 0 bridgehead atoms. The van der Waals surface area contributed by atoms with Crippen molar-refractivity contribution in [2.45, 2.75) is 32.3 Å². The molecule has 0 saturated carbocycles. The number of anilines is 1. The van der Waals surface area contributed by atoms with Crippen molar-refractivity contribution >= 4 is 11.7 Å². The first-order chi connectivity index (χ1) is 10.3. The molecule has 0 radical (unpaired) electrons. The maximum absolute atomic E-state index is 12.0. The van der Waals surface area contributed by atoms with Gasteiger partial charge in [-0.15, -0.1) is 0 Å². The van der Waals surface area contributed by atoms with E-state index in [1.807, 2.05) is 25.3 Å². The highest BCUT2D eigenvalue weighted by Crippen LogP contribution is 2.30. The molecule has 0 amide bonds. The summed E-state index contributed by atoms with van der Waals surface area (Å²) < 4.78 is 10.9. The van der Waals surface area contributed by atoms with Crippen LogP contribution in [0.3, 0.4) is 0 Å². The van der Waals surface area contributed by atoms with Gasteiger partial charge in [0.05, 0.1) is 18.3 Å². The molecule has 3 rings (SSSR count). The molecule has 1 fully saturated rings. The van der Waals surface area contributed by atoms with Crippen LogP contribution in [0.15, 0.2) is 36.0 Å². The first-order valence-electron chi connectivity index (χ1n) is 7.62. The van der Waals surface area contributed by atoms with Crippen LogP contribution >= 0.6 is 0 Å². The van der Waals surface area contributed by atoms with Gasteiger partial charge in [0.2, 0.25) is 0 Å². The van der Waals surface area contributed by atoms with E-state index < -0.39 is 0 Å². The third-order valence-electron chi connectivity index (χ3n) is 3.96. The number of benzene rings is 1. The summed E-state index contributed by atoms with van der Waals surface area (Å²) in [6, 6.07) is 8.22. The monoisotopic (exact) mass is 287 g/mol. The van der Waals surface area contributed by atoms with Crippen molar-refractivity contribution in [2.24, 2.45) is 0 Å². The molecular formula is C17H21NO3. The van der Waals surface area contributed by atoms with Crippen molar-refractivity contribution in [1.82, 2.24) is 0 Å². The molecule has 2 aliphatic rings. The molecule has 112 valence electrons. The fourth-order valence-corrected chi connectivity index (χ4v) is 2.96. The summed E-state index contributed by atoms with van der Waals surface area (Å²) in [5.74, 6) is -0.218. The Bertz CT molecular complexity index is 547. The Hall–Kier alpha value is -1.81. The van der Waals surface area contributed by atoms with E-state index >= 15 is 0 Å².